The van der Waals surface area contributed by atoms with E-state index in [1.54, 1.807) is 6.08 Å². The van der Waals surface area contributed by atoms with Gasteiger partial charge in [-0.05, 0) is 72.1 Å². The molecule has 0 bridgehead atoms. The Morgan fingerprint density at radius 3 is 2.31 bits per heavy atom. The van der Waals surface area contributed by atoms with Crippen LogP contribution in [0.5, 0.6) is 5.75 Å². The van der Waals surface area contributed by atoms with E-state index >= 15 is 0 Å². The van der Waals surface area contributed by atoms with E-state index in [4.69, 9.17) is 15.8 Å². The van der Waals surface area contributed by atoms with Crippen LogP contribution in [-0.2, 0) is 10.1 Å². The molecule has 0 amide bonds. The van der Waals surface area contributed by atoms with Crippen molar-refractivity contribution in [3.63, 3.8) is 0 Å². The standard InChI is InChI=1S/C19H13ClO4S2/c20-15-5-10-18(11-6-15)26(22,23)24-16-7-3-14(4-8-16)19(21)12-9-17-2-1-13-25-17/h1-13H/b12-9+. The molecule has 1 aromatic heterocycles. The third-order valence-electron chi connectivity index (χ3n) is 3.39. The van der Waals surface area contributed by atoms with Gasteiger partial charge in [0.2, 0.25) is 0 Å². The summed E-state index contributed by atoms with van der Waals surface area (Å²) in [6, 6.07) is 15.4. The second-order valence-corrected chi connectivity index (χ2v) is 8.19. The zero-order chi connectivity index (χ0) is 18.6. The molecule has 1 heterocycles. The van der Waals surface area contributed by atoms with Gasteiger partial charge in [-0.15, -0.1) is 11.3 Å². The highest BCUT2D eigenvalue weighted by atomic mass is 35.5. The van der Waals surface area contributed by atoms with Crippen LogP contribution >= 0.6 is 22.9 Å². The summed E-state index contributed by atoms with van der Waals surface area (Å²) >= 11 is 7.29. The smallest absolute Gasteiger partial charge is 0.339 e. The maximum absolute atomic E-state index is 12.2. The molecule has 0 fully saturated rings. The average Bonchev–Trinajstić information content (AvgIpc) is 3.14. The third kappa shape index (κ3) is 4.60. The number of thiophene rings is 1. The number of carbonyl (C=O) groups excluding carboxylic acids is 1. The minimum Gasteiger partial charge on any atom is -0.379 e. The van der Waals surface area contributed by atoms with Gasteiger partial charge in [-0.1, -0.05) is 17.7 Å². The van der Waals surface area contributed by atoms with Crippen LogP contribution in [0.2, 0.25) is 5.02 Å². The highest BCUT2D eigenvalue weighted by molar-refractivity contribution is 7.87. The topological polar surface area (TPSA) is 60.4 Å². The lowest BCUT2D eigenvalue weighted by atomic mass is 10.1. The number of benzene rings is 2. The zero-order valence-corrected chi connectivity index (χ0v) is 15.7. The lowest BCUT2D eigenvalue weighted by molar-refractivity contribution is 0.104. The fourth-order valence-corrected chi connectivity index (χ4v) is 3.77. The average molecular weight is 405 g/mol. The molecular weight excluding hydrogens is 392 g/mol. The molecule has 26 heavy (non-hydrogen) atoms. The molecule has 7 heteroatoms. The van der Waals surface area contributed by atoms with E-state index < -0.39 is 10.1 Å². The molecule has 4 nitrogen and oxygen atoms in total. The Balaban J connectivity index is 1.71. The summed E-state index contributed by atoms with van der Waals surface area (Å²) in [4.78, 5) is 13.1. The minimum atomic E-state index is -3.96. The number of rotatable bonds is 6. The van der Waals surface area contributed by atoms with Crippen molar-refractivity contribution in [1.82, 2.24) is 0 Å². The van der Waals surface area contributed by atoms with Crippen LogP contribution in [0.25, 0.3) is 6.08 Å². The molecular formula is C19H13ClO4S2. The fourth-order valence-electron chi connectivity index (χ4n) is 2.09. The first-order valence-electron chi connectivity index (χ1n) is 7.50. The fraction of sp³-hybridized carbons (Fsp3) is 0. The Bertz CT molecular complexity index is 1020. The first-order chi connectivity index (χ1) is 12.4. The lowest BCUT2D eigenvalue weighted by Crippen LogP contribution is -2.09. The summed E-state index contributed by atoms with van der Waals surface area (Å²) in [5, 5.41) is 2.36. The van der Waals surface area contributed by atoms with Gasteiger partial charge in [0.15, 0.2) is 5.78 Å². The van der Waals surface area contributed by atoms with Gasteiger partial charge in [0.05, 0.1) is 0 Å². The van der Waals surface area contributed by atoms with Crippen molar-refractivity contribution in [2.24, 2.45) is 0 Å². The maximum Gasteiger partial charge on any atom is 0.339 e. The molecule has 2 aromatic carbocycles. The van der Waals surface area contributed by atoms with E-state index in [9.17, 15) is 13.2 Å². The van der Waals surface area contributed by atoms with Crippen molar-refractivity contribution in [2.45, 2.75) is 4.90 Å². The van der Waals surface area contributed by atoms with E-state index in [-0.39, 0.29) is 16.4 Å². The van der Waals surface area contributed by atoms with Crippen molar-refractivity contribution in [3.8, 4) is 5.75 Å². The predicted octanol–water partition coefficient (Wildman–Crippen LogP) is 5.07. The SMILES string of the molecule is O=C(/C=C/c1cccs1)c1ccc(OS(=O)(=O)c2ccc(Cl)cc2)cc1. The predicted molar refractivity (Wildman–Crippen MR) is 103 cm³/mol. The molecule has 3 aromatic rings. The van der Waals surface area contributed by atoms with E-state index in [0.29, 0.717) is 10.6 Å². The molecule has 0 aliphatic carbocycles. The normalized spacial score (nSPS) is 11.6. The quantitative estimate of drug-likeness (QED) is 0.327. The van der Waals surface area contributed by atoms with Gasteiger partial charge in [0.25, 0.3) is 0 Å². The molecule has 0 aliphatic rings. The lowest BCUT2D eigenvalue weighted by Gasteiger charge is -2.07. The third-order valence-corrected chi connectivity index (χ3v) is 5.74. The number of ketones is 1. The van der Waals surface area contributed by atoms with Crippen molar-refractivity contribution in [2.75, 3.05) is 0 Å². The number of hydrogen-bond acceptors (Lipinski definition) is 5. The van der Waals surface area contributed by atoms with Crippen molar-refractivity contribution in [3.05, 3.63) is 87.6 Å². The highest BCUT2D eigenvalue weighted by Gasteiger charge is 2.16. The number of hydrogen-bond donors (Lipinski definition) is 0. The summed E-state index contributed by atoms with van der Waals surface area (Å²) in [5.41, 5.74) is 0.439. The molecule has 0 atom stereocenters. The molecule has 0 spiro atoms. The minimum absolute atomic E-state index is 0.000865. The monoisotopic (exact) mass is 404 g/mol. The molecule has 0 aliphatic heterocycles. The number of halogens is 1. The number of allylic oxidation sites excluding steroid dienone is 1. The van der Waals surface area contributed by atoms with Gasteiger partial charge < -0.3 is 4.18 Å². The molecule has 132 valence electrons. The maximum atomic E-state index is 12.2. The van der Waals surface area contributed by atoms with E-state index in [1.165, 1.54) is 65.9 Å². The summed E-state index contributed by atoms with van der Waals surface area (Å²) < 4.78 is 29.5. The van der Waals surface area contributed by atoms with Crippen LogP contribution < -0.4 is 4.18 Å². The Hall–Kier alpha value is -2.41. The van der Waals surface area contributed by atoms with Gasteiger partial charge in [-0.25, -0.2) is 0 Å². The van der Waals surface area contributed by atoms with Gasteiger partial charge >= 0.3 is 10.1 Å². The Morgan fingerprint density at radius 2 is 1.69 bits per heavy atom. The second-order valence-electron chi connectivity index (χ2n) is 5.23. The highest BCUT2D eigenvalue weighted by Crippen LogP contribution is 2.21. The Kier molecular flexibility index (Phi) is 5.56. The molecule has 0 saturated carbocycles. The second kappa shape index (κ2) is 7.86. The van der Waals surface area contributed by atoms with Crippen molar-refractivity contribution >= 4 is 44.9 Å². The Labute approximate surface area is 160 Å². The van der Waals surface area contributed by atoms with E-state index in [2.05, 4.69) is 0 Å². The number of carbonyl (C=O) groups is 1. The van der Waals surface area contributed by atoms with Crippen LogP contribution in [-0.4, -0.2) is 14.2 Å². The largest absolute Gasteiger partial charge is 0.379 e. The summed E-state index contributed by atoms with van der Waals surface area (Å²) in [6.07, 6.45) is 3.22. The molecule has 0 saturated heterocycles. The Morgan fingerprint density at radius 1 is 1.00 bits per heavy atom. The van der Waals surface area contributed by atoms with Gasteiger partial charge in [0, 0.05) is 15.5 Å². The van der Waals surface area contributed by atoms with Crippen molar-refractivity contribution in [1.29, 1.82) is 0 Å². The van der Waals surface area contributed by atoms with Gasteiger partial charge in [-0.3, -0.25) is 4.79 Å². The zero-order valence-electron chi connectivity index (χ0n) is 13.3. The first kappa shape index (κ1) is 18.4. The van der Waals surface area contributed by atoms with Crippen molar-refractivity contribution < 1.29 is 17.4 Å². The summed E-state index contributed by atoms with van der Waals surface area (Å²) in [7, 11) is -3.96. The summed E-state index contributed by atoms with van der Waals surface area (Å²) in [6.45, 7) is 0. The van der Waals surface area contributed by atoms with Crippen LogP contribution in [0.1, 0.15) is 15.2 Å². The molecule has 0 N–H and O–H groups in total. The van der Waals surface area contributed by atoms with Crippen LogP contribution in [0.15, 0.2) is 77.0 Å². The molecule has 0 radical (unpaired) electrons. The van der Waals surface area contributed by atoms with Gasteiger partial charge in [0.1, 0.15) is 10.6 Å². The van der Waals surface area contributed by atoms with E-state index in [1.807, 2.05) is 17.5 Å². The first-order valence-corrected chi connectivity index (χ1v) is 10.2. The van der Waals surface area contributed by atoms with Crippen LogP contribution in [0, 0.1) is 0 Å². The summed E-state index contributed by atoms with van der Waals surface area (Å²) in [5.74, 6) is -0.0516. The molecule has 0 unspecified atom stereocenters. The molecule has 3 rings (SSSR count). The van der Waals surface area contributed by atoms with Crippen LogP contribution in [0.3, 0.4) is 0 Å². The van der Waals surface area contributed by atoms with Gasteiger partial charge in [-0.2, -0.15) is 8.42 Å². The van der Waals surface area contributed by atoms with E-state index in [0.717, 1.165) is 4.88 Å². The van der Waals surface area contributed by atoms with Crippen LogP contribution in [0.4, 0.5) is 0 Å².